The quantitative estimate of drug-likeness (QED) is 0.455. The van der Waals surface area contributed by atoms with E-state index in [2.05, 4.69) is 15.3 Å². The van der Waals surface area contributed by atoms with Gasteiger partial charge in [-0.2, -0.15) is 0 Å². The summed E-state index contributed by atoms with van der Waals surface area (Å²) in [5.41, 5.74) is 1.80. The van der Waals surface area contributed by atoms with Crippen molar-refractivity contribution < 1.29 is 5.11 Å². The van der Waals surface area contributed by atoms with Crippen LogP contribution in [0.15, 0.2) is 73.1 Å². The zero-order chi connectivity index (χ0) is 18.8. The van der Waals surface area contributed by atoms with Crippen LogP contribution in [0, 0.1) is 0 Å². The van der Waals surface area contributed by atoms with E-state index in [0.29, 0.717) is 32.5 Å². The van der Waals surface area contributed by atoms with Crippen molar-refractivity contribution in [2.75, 3.05) is 5.32 Å². The second-order valence-corrected chi connectivity index (χ2v) is 6.82. The summed E-state index contributed by atoms with van der Waals surface area (Å²) in [6, 6.07) is 17.9. The average molecular weight is 396 g/mol. The Balaban J connectivity index is 1.92. The minimum atomic E-state index is -0.507. The van der Waals surface area contributed by atoms with Crippen molar-refractivity contribution in [1.29, 1.82) is 0 Å². The van der Waals surface area contributed by atoms with Gasteiger partial charge in [-0.1, -0.05) is 53.5 Å². The molecule has 0 bridgehead atoms. The van der Waals surface area contributed by atoms with Crippen LogP contribution in [0.5, 0.6) is 5.75 Å². The van der Waals surface area contributed by atoms with Crippen LogP contribution in [0.4, 0.5) is 5.82 Å². The third-order valence-corrected chi connectivity index (χ3v) is 4.99. The molecule has 4 nitrogen and oxygen atoms in total. The van der Waals surface area contributed by atoms with Crippen molar-refractivity contribution in [2.45, 2.75) is 6.04 Å². The number of aromatic nitrogens is 2. The van der Waals surface area contributed by atoms with Gasteiger partial charge in [0.15, 0.2) is 0 Å². The van der Waals surface area contributed by atoms with E-state index in [-0.39, 0.29) is 5.75 Å². The summed E-state index contributed by atoms with van der Waals surface area (Å²) in [5.74, 6) is 0.719. The highest BCUT2D eigenvalue weighted by atomic mass is 35.5. The van der Waals surface area contributed by atoms with Gasteiger partial charge in [0, 0.05) is 39.0 Å². The maximum absolute atomic E-state index is 10.9. The lowest BCUT2D eigenvalue weighted by atomic mass is 9.96. The topological polar surface area (TPSA) is 58.0 Å². The van der Waals surface area contributed by atoms with Crippen LogP contribution in [-0.4, -0.2) is 15.1 Å². The minimum absolute atomic E-state index is 0.0810. The maximum Gasteiger partial charge on any atom is 0.147 e. The number of phenols is 1. The third-order valence-electron chi connectivity index (χ3n) is 4.34. The van der Waals surface area contributed by atoms with E-state index in [1.54, 1.807) is 30.6 Å². The normalized spacial score (nSPS) is 12.1. The molecule has 4 aromatic rings. The first kappa shape index (κ1) is 17.6. The number of pyridine rings is 2. The molecule has 0 aliphatic rings. The largest absolute Gasteiger partial charge is 0.505 e. The number of anilines is 1. The van der Waals surface area contributed by atoms with Gasteiger partial charge in [-0.3, -0.25) is 4.98 Å². The Bertz CT molecular complexity index is 1080. The lowest BCUT2D eigenvalue weighted by molar-refractivity contribution is 0.471. The van der Waals surface area contributed by atoms with Gasteiger partial charge in [-0.05, 0) is 30.3 Å². The van der Waals surface area contributed by atoms with Crippen LogP contribution in [0.3, 0.4) is 0 Å². The Morgan fingerprint density at radius 3 is 2.33 bits per heavy atom. The van der Waals surface area contributed by atoms with Crippen LogP contribution in [0.1, 0.15) is 17.2 Å². The standard InChI is InChI=1S/C21H15Cl2N3O/c22-15-6-3-7-16(23)18(15)20(26-17-8-1-2-11-24-17)14-10-9-13-5-4-12-25-19(13)21(14)27/h1-12,20,27H,(H,24,26)/t20-/m0/s1. The molecule has 0 amide bonds. The summed E-state index contributed by atoms with van der Waals surface area (Å²) < 4.78 is 0. The van der Waals surface area contributed by atoms with E-state index < -0.39 is 6.04 Å². The van der Waals surface area contributed by atoms with Crippen molar-refractivity contribution in [1.82, 2.24) is 9.97 Å². The molecular formula is C21H15Cl2N3O. The van der Waals surface area contributed by atoms with Gasteiger partial charge in [0.05, 0.1) is 6.04 Å². The molecule has 2 aromatic carbocycles. The molecule has 0 fully saturated rings. The zero-order valence-corrected chi connectivity index (χ0v) is 15.6. The van der Waals surface area contributed by atoms with E-state index in [4.69, 9.17) is 23.2 Å². The molecule has 1 atom stereocenters. The third kappa shape index (κ3) is 3.42. The Hall–Kier alpha value is -2.82. The number of hydrogen-bond donors (Lipinski definition) is 2. The predicted octanol–water partition coefficient (Wildman–Crippen LogP) is 5.84. The van der Waals surface area contributed by atoms with E-state index >= 15 is 0 Å². The summed E-state index contributed by atoms with van der Waals surface area (Å²) in [6.45, 7) is 0. The summed E-state index contributed by atoms with van der Waals surface area (Å²) in [4.78, 5) is 8.64. The van der Waals surface area contributed by atoms with E-state index in [1.165, 1.54) is 0 Å². The van der Waals surface area contributed by atoms with Crippen LogP contribution < -0.4 is 5.32 Å². The molecule has 0 radical (unpaired) electrons. The lowest BCUT2D eigenvalue weighted by Crippen LogP contribution is -2.14. The molecule has 0 aliphatic carbocycles. The first-order valence-electron chi connectivity index (χ1n) is 8.33. The minimum Gasteiger partial charge on any atom is -0.505 e. The average Bonchev–Trinajstić information content (AvgIpc) is 2.68. The Kier molecular flexibility index (Phi) is 4.84. The van der Waals surface area contributed by atoms with E-state index in [0.717, 1.165) is 5.39 Å². The molecule has 0 aliphatic heterocycles. The number of fused-ring (bicyclic) bond motifs is 1. The second-order valence-electron chi connectivity index (χ2n) is 6.01. The first-order chi connectivity index (χ1) is 13.1. The highest BCUT2D eigenvalue weighted by Gasteiger charge is 2.24. The molecule has 2 N–H and O–H groups in total. The number of halogens is 2. The van der Waals surface area contributed by atoms with Crippen LogP contribution in [0.2, 0.25) is 10.0 Å². The fourth-order valence-corrected chi connectivity index (χ4v) is 3.68. The van der Waals surface area contributed by atoms with Crippen molar-refractivity contribution in [3.63, 3.8) is 0 Å². The SMILES string of the molecule is Oc1c([C@H](Nc2ccccn2)c2c(Cl)cccc2Cl)ccc2cccnc12. The fraction of sp³-hybridized carbons (Fsp3) is 0.0476. The van der Waals surface area contributed by atoms with Gasteiger partial charge in [-0.25, -0.2) is 4.98 Å². The highest BCUT2D eigenvalue weighted by molar-refractivity contribution is 6.36. The molecule has 27 heavy (non-hydrogen) atoms. The van der Waals surface area contributed by atoms with Gasteiger partial charge >= 0.3 is 0 Å². The molecule has 6 heteroatoms. The molecule has 134 valence electrons. The molecule has 4 rings (SSSR count). The highest BCUT2D eigenvalue weighted by Crippen LogP contribution is 2.41. The maximum atomic E-state index is 10.9. The van der Waals surface area contributed by atoms with Crippen molar-refractivity contribution in [3.05, 3.63) is 94.2 Å². The van der Waals surface area contributed by atoms with Crippen LogP contribution in [0.25, 0.3) is 10.9 Å². The lowest BCUT2D eigenvalue weighted by Gasteiger charge is -2.23. The van der Waals surface area contributed by atoms with Gasteiger partial charge < -0.3 is 10.4 Å². The number of nitrogens with zero attached hydrogens (tertiary/aromatic N) is 2. The predicted molar refractivity (Wildman–Crippen MR) is 110 cm³/mol. The smallest absolute Gasteiger partial charge is 0.147 e. The van der Waals surface area contributed by atoms with Crippen molar-refractivity contribution in [3.8, 4) is 5.75 Å². The number of aromatic hydroxyl groups is 1. The van der Waals surface area contributed by atoms with Crippen molar-refractivity contribution in [2.24, 2.45) is 0 Å². The number of rotatable bonds is 4. The second kappa shape index (κ2) is 7.43. The van der Waals surface area contributed by atoms with Gasteiger partial charge in [0.2, 0.25) is 0 Å². The Labute approximate surface area is 166 Å². The first-order valence-corrected chi connectivity index (χ1v) is 9.09. The van der Waals surface area contributed by atoms with E-state index in [9.17, 15) is 5.11 Å². The van der Waals surface area contributed by atoms with Gasteiger partial charge in [0.1, 0.15) is 17.1 Å². The van der Waals surface area contributed by atoms with E-state index in [1.807, 2.05) is 42.5 Å². The summed E-state index contributed by atoms with van der Waals surface area (Å²) in [7, 11) is 0. The monoisotopic (exact) mass is 395 g/mol. The molecule has 0 unspecified atom stereocenters. The number of nitrogens with one attached hydrogen (secondary N) is 1. The number of hydrogen-bond acceptors (Lipinski definition) is 4. The zero-order valence-electron chi connectivity index (χ0n) is 14.1. The molecule has 2 aromatic heterocycles. The van der Waals surface area contributed by atoms with Crippen LogP contribution in [-0.2, 0) is 0 Å². The number of benzene rings is 2. The molecule has 2 heterocycles. The summed E-state index contributed by atoms with van der Waals surface area (Å²) >= 11 is 12.9. The summed E-state index contributed by atoms with van der Waals surface area (Å²) in [6.07, 6.45) is 3.34. The van der Waals surface area contributed by atoms with Crippen LogP contribution >= 0.6 is 23.2 Å². The number of phenolic OH excluding ortho intramolecular Hbond substituents is 1. The molecule has 0 spiro atoms. The summed E-state index contributed by atoms with van der Waals surface area (Å²) in [5, 5.41) is 16.1. The molecule has 0 saturated carbocycles. The Morgan fingerprint density at radius 2 is 1.59 bits per heavy atom. The molecular weight excluding hydrogens is 381 g/mol. The molecule has 0 saturated heterocycles. The van der Waals surface area contributed by atoms with Gasteiger partial charge in [-0.15, -0.1) is 0 Å². The van der Waals surface area contributed by atoms with Crippen molar-refractivity contribution >= 4 is 39.9 Å². The fourth-order valence-electron chi connectivity index (χ4n) is 3.07. The van der Waals surface area contributed by atoms with Gasteiger partial charge in [0.25, 0.3) is 0 Å². The Morgan fingerprint density at radius 1 is 0.815 bits per heavy atom.